The second-order valence-corrected chi connectivity index (χ2v) is 8.39. The smallest absolute Gasteiger partial charge is 0.331 e. The molecule has 2 aromatic heterocycles. The molecule has 1 saturated carbocycles. The number of nitrogens with one attached hydrogen (secondary N) is 1. The van der Waals surface area contributed by atoms with Gasteiger partial charge in [-0.15, -0.1) is 0 Å². The summed E-state index contributed by atoms with van der Waals surface area (Å²) in [6.45, 7) is 2.53. The van der Waals surface area contributed by atoms with Crippen molar-refractivity contribution >= 4 is 17.2 Å². The Labute approximate surface area is 161 Å². The number of hydrogen-bond acceptors (Lipinski definition) is 5. The molecule has 2 fully saturated rings. The molecule has 1 aliphatic heterocycles. The molecule has 7 nitrogen and oxygen atoms in total. The summed E-state index contributed by atoms with van der Waals surface area (Å²) in [6.07, 6.45) is 4.63. The molecule has 4 rings (SSSR count). The van der Waals surface area contributed by atoms with Gasteiger partial charge in [-0.25, -0.2) is 4.79 Å². The lowest BCUT2D eigenvalue weighted by Crippen LogP contribution is -2.43. The quantitative estimate of drug-likeness (QED) is 0.821. The van der Waals surface area contributed by atoms with Gasteiger partial charge >= 0.3 is 5.69 Å². The number of nitrogens with zero attached hydrogens (tertiary/aromatic N) is 3. The van der Waals surface area contributed by atoms with Gasteiger partial charge in [0.2, 0.25) is 5.91 Å². The van der Waals surface area contributed by atoms with Crippen LogP contribution in [0.5, 0.6) is 0 Å². The molecular formula is C19H24N4O3S. The molecule has 1 atom stereocenters. The minimum atomic E-state index is -0.460. The summed E-state index contributed by atoms with van der Waals surface area (Å²) in [5.41, 5.74) is 0.524. The van der Waals surface area contributed by atoms with Crippen molar-refractivity contribution in [2.75, 3.05) is 13.1 Å². The Morgan fingerprint density at radius 3 is 2.81 bits per heavy atom. The van der Waals surface area contributed by atoms with Gasteiger partial charge in [-0.2, -0.15) is 11.3 Å². The van der Waals surface area contributed by atoms with Gasteiger partial charge in [-0.1, -0.05) is 0 Å². The number of rotatable bonds is 5. The first-order valence-corrected chi connectivity index (χ1v) is 10.2. The first-order valence-electron chi connectivity index (χ1n) is 9.28. The Bertz CT molecular complexity index is 941. The third-order valence-electron chi connectivity index (χ3n) is 5.94. The topological polar surface area (TPSA) is 76.3 Å². The van der Waals surface area contributed by atoms with E-state index < -0.39 is 5.69 Å². The number of carbonyl (C=O) groups is 1. The zero-order chi connectivity index (χ0) is 19.0. The van der Waals surface area contributed by atoms with Crippen LogP contribution >= 0.6 is 11.3 Å². The molecule has 1 N–H and O–H groups in total. The lowest BCUT2D eigenvalue weighted by atomic mass is 9.93. The number of carbonyl (C=O) groups excluding carboxylic acids is 1. The van der Waals surface area contributed by atoms with Crippen molar-refractivity contribution in [3.8, 4) is 0 Å². The standard InChI is InChI=1S/C19H24N4O3S/c1-21-16(24)2-8-22(18(21)26)12-17(25)23(11-14-3-9-27-13-14)15-10-19(15)4-6-20-7-5-19/h2-3,8-9,13,15,20H,4-7,10-12H2,1H3. The van der Waals surface area contributed by atoms with Crippen LogP contribution in [0.3, 0.4) is 0 Å². The van der Waals surface area contributed by atoms with Crippen LogP contribution in [0.2, 0.25) is 0 Å². The molecule has 1 amide bonds. The Kier molecular flexibility index (Phi) is 4.77. The first-order chi connectivity index (χ1) is 13.0. The molecule has 1 aliphatic carbocycles. The van der Waals surface area contributed by atoms with Gasteiger partial charge in [0.15, 0.2) is 0 Å². The number of hydrogen-bond donors (Lipinski definition) is 1. The fourth-order valence-electron chi connectivity index (χ4n) is 4.15. The van der Waals surface area contributed by atoms with Crippen LogP contribution in [0.15, 0.2) is 38.7 Å². The van der Waals surface area contributed by atoms with Crippen LogP contribution in [0.4, 0.5) is 0 Å². The lowest BCUT2D eigenvalue weighted by molar-refractivity contribution is -0.133. The van der Waals surface area contributed by atoms with Gasteiger partial charge in [0, 0.05) is 31.9 Å². The predicted octanol–water partition coefficient (Wildman–Crippen LogP) is 0.779. The van der Waals surface area contributed by atoms with Crippen LogP contribution in [0, 0.1) is 5.41 Å². The molecule has 0 radical (unpaired) electrons. The van der Waals surface area contributed by atoms with E-state index in [1.165, 1.54) is 23.9 Å². The summed E-state index contributed by atoms with van der Waals surface area (Å²) >= 11 is 1.62. The van der Waals surface area contributed by atoms with Crippen LogP contribution < -0.4 is 16.6 Å². The summed E-state index contributed by atoms with van der Waals surface area (Å²) in [5.74, 6) is -0.0673. The second kappa shape index (κ2) is 7.09. The third kappa shape index (κ3) is 3.51. The molecule has 27 heavy (non-hydrogen) atoms. The number of amides is 1. The SMILES string of the molecule is Cn1c(=O)ccn(CC(=O)N(Cc2ccsc2)C2CC23CCNCC3)c1=O. The fraction of sp³-hybridized carbons (Fsp3) is 0.526. The predicted molar refractivity (Wildman–Crippen MR) is 104 cm³/mol. The van der Waals surface area contributed by atoms with E-state index in [2.05, 4.69) is 10.7 Å². The van der Waals surface area contributed by atoms with Crippen molar-refractivity contribution in [1.29, 1.82) is 0 Å². The molecule has 144 valence electrons. The average molecular weight is 388 g/mol. The van der Waals surface area contributed by atoms with Crippen molar-refractivity contribution in [2.24, 2.45) is 12.5 Å². The summed E-state index contributed by atoms with van der Waals surface area (Å²) in [4.78, 5) is 39.0. The monoisotopic (exact) mass is 388 g/mol. The number of aromatic nitrogens is 2. The van der Waals surface area contributed by atoms with Crippen LogP contribution in [-0.2, 0) is 24.9 Å². The zero-order valence-electron chi connectivity index (χ0n) is 15.4. The van der Waals surface area contributed by atoms with E-state index in [1.807, 2.05) is 16.3 Å². The summed E-state index contributed by atoms with van der Waals surface area (Å²) in [7, 11) is 1.43. The molecule has 1 saturated heterocycles. The Balaban J connectivity index is 1.57. The number of thiophene rings is 1. The van der Waals surface area contributed by atoms with Crippen molar-refractivity contribution in [3.05, 3.63) is 55.5 Å². The highest BCUT2D eigenvalue weighted by molar-refractivity contribution is 7.07. The molecule has 1 unspecified atom stereocenters. The van der Waals surface area contributed by atoms with E-state index in [0.29, 0.717) is 6.54 Å². The molecule has 3 heterocycles. The third-order valence-corrected chi connectivity index (χ3v) is 6.67. The van der Waals surface area contributed by atoms with Crippen LogP contribution in [-0.4, -0.2) is 39.1 Å². The maximum atomic E-state index is 13.2. The van der Waals surface area contributed by atoms with E-state index in [0.717, 1.165) is 42.5 Å². The van der Waals surface area contributed by atoms with E-state index in [1.54, 1.807) is 11.3 Å². The number of piperidine rings is 1. The molecule has 2 aliphatic rings. The zero-order valence-corrected chi connectivity index (χ0v) is 16.2. The highest BCUT2D eigenvalue weighted by Gasteiger charge is 2.57. The molecule has 0 aromatic carbocycles. The van der Waals surface area contributed by atoms with Gasteiger partial charge in [0.05, 0.1) is 0 Å². The van der Waals surface area contributed by atoms with Gasteiger partial charge in [0.25, 0.3) is 5.56 Å². The molecule has 2 aromatic rings. The first kappa shape index (κ1) is 18.2. The van der Waals surface area contributed by atoms with Crippen molar-refractivity contribution < 1.29 is 4.79 Å². The van der Waals surface area contributed by atoms with E-state index in [9.17, 15) is 14.4 Å². The summed E-state index contributed by atoms with van der Waals surface area (Å²) in [5, 5.41) is 7.48. The largest absolute Gasteiger partial charge is 0.333 e. The lowest BCUT2D eigenvalue weighted by Gasteiger charge is -2.29. The van der Waals surface area contributed by atoms with Crippen LogP contribution in [0.25, 0.3) is 0 Å². The Morgan fingerprint density at radius 1 is 1.33 bits per heavy atom. The van der Waals surface area contributed by atoms with Gasteiger partial charge in [-0.3, -0.25) is 18.7 Å². The fourth-order valence-corrected chi connectivity index (χ4v) is 4.81. The second-order valence-electron chi connectivity index (χ2n) is 7.61. The molecule has 0 bridgehead atoms. The minimum Gasteiger partial charge on any atom is -0.333 e. The Morgan fingerprint density at radius 2 is 2.11 bits per heavy atom. The van der Waals surface area contributed by atoms with Gasteiger partial charge in [0.1, 0.15) is 6.54 Å². The summed E-state index contributed by atoms with van der Waals surface area (Å²) in [6, 6.07) is 3.60. The van der Waals surface area contributed by atoms with Crippen LogP contribution in [0.1, 0.15) is 24.8 Å². The normalized spacial score (nSPS) is 20.6. The highest BCUT2D eigenvalue weighted by Crippen LogP contribution is 2.56. The maximum absolute atomic E-state index is 13.2. The molecule has 8 heteroatoms. The maximum Gasteiger partial charge on any atom is 0.331 e. The minimum absolute atomic E-state index is 0.0398. The Hall–Kier alpha value is -2.19. The average Bonchev–Trinajstić information content (AvgIpc) is 3.09. The van der Waals surface area contributed by atoms with Crippen molar-refractivity contribution in [1.82, 2.24) is 19.4 Å². The van der Waals surface area contributed by atoms with E-state index >= 15 is 0 Å². The van der Waals surface area contributed by atoms with Crippen molar-refractivity contribution in [2.45, 2.75) is 38.4 Å². The molecule has 1 spiro atoms. The van der Waals surface area contributed by atoms with Gasteiger partial charge < -0.3 is 10.2 Å². The van der Waals surface area contributed by atoms with E-state index in [4.69, 9.17) is 0 Å². The van der Waals surface area contributed by atoms with Gasteiger partial charge in [-0.05, 0) is 60.2 Å². The molecular weight excluding hydrogens is 364 g/mol. The summed E-state index contributed by atoms with van der Waals surface area (Å²) < 4.78 is 2.35. The highest BCUT2D eigenvalue weighted by atomic mass is 32.1. The van der Waals surface area contributed by atoms with Crippen molar-refractivity contribution in [3.63, 3.8) is 0 Å². The van der Waals surface area contributed by atoms with E-state index in [-0.39, 0.29) is 29.5 Å².